The van der Waals surface area contributed by atoms with Crippen LogP contribution in [0.5, 0.6) is 0 Å². The van der Waals surface area contributed by atoms with Gasteiger partial charge in [0.1, 0.15) is 0 Å². The minimum absolute atomic E-state index is 0.0307. The molecule has 4 heteroatoms. The number of carbonyl (C=O) groups excluding carboxylic acids is 1. The third-order valence-electron chi connectivity index (χ3n) is 4.08. The minimum atomic E-state index is -0.0307. The molecule has 2 N–H and O–H groups in total. The van der Waals surface area contributed by atoms with Crippen LogP contribution in [0.4, 0.5) is 0 Å². The van der Waals surface area contributed by atoms with E-state index in [2.05, 4.69) is 33.5 Å². The van der Waals surface area contributed by atoms with Crippen molar-refractivity contribution in [2.24, 2.45) is 0 Å². The number of rotatable bonds is 2. The number of aromatic amines is 1. The first kappa shape index (κ1) is 12.1. The van der Waals surface area contributed by atoms with E-state index in [9.17, 15) is 4.79 Å². The highest BCUT2D eigenvalue weighted by atomic mass is 16.1. The summed E-state index contributed by atoms with van der Waals surface area (Å²) in [5.41, 5.74) is 4.42. The van der Waals surface area contributed by atoms with Crippen LogP contribution in [-0.2, 0) is 12.8 Å². The van der Waals surface area contributed by atoms with E-state index < -0.39 is 0 Å². The highest BCUT2D eigenvalue weighted by Crippen LogP contribution is 2.29. The lowest BCUT2D eigenvalue weighted by Gasteiger charge is -2.12. The lowest BCUT2D eigenvalue weighted by atomic mass is 10.1. The van der Waals surface area contributed by atoms with Gasteiger partial charge in [-0.1, -0.05) is 18.2 Å². The predicted molar refractivity (Wildman–Crippen MR) is 81.2 cm³/mol. The normalized spacial score (nSPS) is 16.9. The Hall–Kier alpha value is -2.62. The molecule has 1 atom stereocenters. The van der Waals surface area contributed by atoms with Gasteiger partial charge in [-0.2, -0.15) is 0 Å². The van der Waals surface area contributed by atoms with Crippen molar-refractivity contribution in [2.75, 3.05) is 0 Å². The number of H-pyrrole nitrogens is 1. The van der Waals surface area contributed by atoms with Gasteiger partial charge in [-0.3, -0.25) is 9.78 Å². The van der Waals surface area contributed by atoms with Crippen molar-refractivity contribution in [1.82, 2.24) is 15.3 Å². The number of benzene rings is 1. The van der Waals surface area contributed by atoms with Crippen LogP contribution in [0.2, 0.25) is 0 Å². The third-order valence-corrected chi connectivity index (χ3v) is 4.08. The molecule has 2 aromatic heterocycles. The van der Waals surface area contributed by atoms with Crippen LogP contribution >= 0.6 is 0 Å². The van der Waals surface area contributed by atoms with Crippen LogP contribution in [0.15, 0.2) is 48.8 Å². The molecular weight excluding hydrogens is 262 g/mol. The van der Waals surface area contributed by atoms with E-state index in [1.54, 1.807) is 24.5 Å². The van der Waals surface area contributed by atoms with E-state index in [-0.39, 0.29) is 11.9 Å². The largest absolute Gasteiger partial charge is 0.358 e. The van der Waals surface area contributed by atoms with Gasteiger partial charge in [-0.15, -0.1) is 0 Å². The van der Waals surface area contributed by atoms with Crippen LogP contribution in [0.1, 0.15) is 21.6 Å². The average Bonchev–Trinajstić information content (AvgIpc) is 3.05. The maximum Gasteiger partial charge on any atom is 0.251 e. The molecule has 4 rings (SSSR count). The number of nitrogens with one attached hydrogen (secondary N) is 2. The number of nitrogens with zero attached hydrogens (tertiary/aromatic N) is 1. The van der Waals surface area contributed by atoms with Crippen LogP contribution in [0.3, 0.4) is 0 Å². The van der Waals surface area contributed by atoms with Crippen molar-refractivity contribution in [3.05, 3.63) is 65.6 Å². The van der Waals surface area contributed by atoms with Crippen molar-refractivity contribution in [3.63, 3.8) is 0 Å². The molecule has 4 nitrogen and oxygen atoms in total. The summed E-state index contributed by atoms with van der Waals surface area (Å²) in [6.07, 6.45) is 5.02. The molecule has 0 radical (unpaired) electrons. The molecule has 104 valence electrons. The molecule has 0 saturated carbocycles. The highest BCUT2D eigenvalue weighted by molar-refractivity contribution is 5.94. The van der Waals surface area contributed by atoms with Gasteiger partial charge in [0, 0.05) is 47.0 Å². The molecule has 0 aliphatic heterocycles. The monoisotopic (exact) mass is 277 g/mol. The van der Waals surface area contributed by atoms with Crippen molar-refractivity contribution < 1.29 is 4.79 Å². The van der Waals surface area contributed by atoms with Crippen LogP contribution in [0.25, 0.3) is 10.9 Å². The summed E-state index contributed by atoms with van der Waals surface area (Å²) in [5.74, 6) is -0.0307. The second-order valence-corrected chi connectivity index (χ2v) is 5.44. The molecule has 0 spiro atoms. The Morgan fingerprint density at radius 2 is 1.95 bits per heavy atom. The zero-order valence-corrected chi connectivity index (χ0v) is 11.5. The number of aromatic nitrogens is 2. The zero-order valence-electron chi connectivity index (χ0n) is 11.5. The second-order valence-electron chi connectivity index (χ2n) is 5.44. The molecule has 3 aromatic rings. The van der Waals surface area contributed by atoms with E-state index in [4.69, 9.17) is 0 Å². The van der Waals surface area contributed by atoms with E-state index in [1.165, 1.54) is 22.2 Å². The molecule has 1 aliphatic carbocycles. The number of pyridine rings is 1. The van der Waals surface area contributed by atoms with E-state index in [1.807, 2.05) is 6.07 Å². The fraction of sp³-hybridized carbons (Fsp3) is 0.176. The Labute approximate surface area is 122 Å². The first-order chi connectivity index (χ1) is 10.3. The maximum absolute atomic E-state index is 12.2. The van der Waals surface area contributed by atoms with Gasteiger partial charge in [0.2, 0.25) is 0 Å². The molecule has 21 heavy (non-hydrogen) atoms. The minimum Gasteiger partial charge on any atom is -0.358 e. The summed E-state index contributed by atoms with van der Waals surface area (Å²) < 4.78 is 0. The van der Waals surface area contributed by atoms with Crippen molar-refractivity contribution in [1.29, 1.82) is 0 Å². The average molecular weight is 277 g/mol. The van der Waals surface area contributed by atoms with Crippen molar-refractivity contribution in [2.45, 2.75) is 18.9 Å². The summed E-state index contributed by atoms with van der Waals surface area (Å²) in [7, 11) is 0. The number of amides is 1. The van der Waals surface area contributed by atoms with E-state index in [0.717, 1.165) is 12.8 Å². The standard InChI is InChI=1S/C17H15N3O/c21-17(11-5-7-18-8-6-11)19-12-9-14-13-3-1-2-4-15(13)20-16(14)10-12/h1-8,12,20H,9-10H2,(H,19,21). The molecule has 1 aliphatic rings. The number of carbonyl (C=O) groups is 1. The van der Waals surface area contributed by atoms with Gasteiger partial charge < -0.3 is 10.3 Å². The fourth-order valence-corrected chi connectivity index (χ4v) is 3.10. The molecular formula is C17H15N3O. The molecule has 2 heterocycles. The lowest BCUT2D eigenvalue weighted by molar-refractivity contribution is 0.0938. The zero-order chi connectivity index (χ0) is 14.2. The summed E-state index contributed by atoms with van der Waals surface area (Å²) in [4.78, 5) is 19.6. The Morgan fingerprint density at radius 1 is 1.14 bits per heavy atom. The number of para-hydroxylation sites is 1. The second kappa shape index (κ2) is 4.74. The quantitative estimate of drug-likeness (QED) is 0.756. The summed E-state index contributed by atoms with van der Waals surface area (Å²) in [6, 6.07) is 12.0. The number of fused-ring (bicyclic) bond motifs is 3. The molecule has 1 unspecified atom stereocenters. The van der Waals surface area contributed by atoms with Crippen LogP contribution in [-0.4, -0.2) is 21.9 Å². The number of hydrogen-bond donors (Lipinski definition) is 2. The SMILES string of the molecule is O=C(NC1Cc2[nH]c3ccccc3c2C1)c1ccncc1. The van der Waals surface area contributed by atoms with E-state index >= 15 is 0 Å². The smallest absolute Gasteiger partial charge is 0.251 e. The van der Waals surface area contributed by atoms with Crippen LogP contribution in [0, 0.1) is 0 Å². The summed E-state index contributed by atoms with van der Waals surface area (Å²) in [5, 5.41) is 4.38. The molecule has 0 saturated heterocycles. The Bertz CT molecular complexity index is 807. The molecule has 1 amide bonds. The van der Waals surface area contributed by atoms with Crippen LogP contribution < -0.4 is 5.32 Å². The first-order valence-electron chi connectivity index (χ1n) is 7.10. The van der Waals surface area contributed by atoms with Gasteiger partial charge >= 0.3 is 0 Å². The predicted octanol–water partition coefficient (Wildman–Crippen LogP) is 2.46. The summed E-state index contributed by atoms with van der Waals surface area (Å²) >= 11 is 0. The number of hydrogen-bond acceptors (Lipinski definition) is 2. The maximum atomic E-state index is 12.2. The van der Waals surface area contributed by atoms with Crippen molar-refractivity contribution >= 4 is 16.8 Å². The lowest BCUT2D eigenvalue weighted by Crippen LogP contribution is -2.35. The Kier molecular flexibility index (Phi) is 2.74. The van der Waals surface area contributed by atoms with Gasteiger partial charge in [0.05, 0.1) is 0 Å². The van der Waals surface area contributed by atoms with E-state index in [0.29, 0.717) is 5.56 Å². The van der Waals surface area contributed by atoms with Gasteiger partial charge in [-0.05, 0) is 30.2 Å². The fourth-order valence-electron chi connectivity index (χ4n) is 3.10. The summed E-state index contributed by atoms with van der Waals surface area (Å²) in [6.45, 7) is 0. The van der Waals surface area contributed by atoms with Gasteiger partial charge in [0.25, 0.3) is 5.91 Å². The Morgan fingerprint density at radius 3 is 2.81 bits per heavy atom. The molecule has 0 bridgehead atoms. The third kappa shape index (κ3) is 2.09. The topological polar surface area (TPSA) is 57.8 Å². The van der Waals surface area contributed by atoms with Gasteiger partial charge in [-0.25, -0.2) is 0 Å². The van der Waals surface area contributed by atoms with Gasteiger partial charge in [0.15, 0.2) is 0 Å². The highest BCUT2D eigenvalue weighted by Gasteiger charge is 2.26. The van der Waals surface area contributed by atoms with Crippen molar-refractivity contribution in [3.8, 4) is 0 Å². The Balaban J connectivity index is 1.53. The molecule has 1 aromatic carbocycles. The first-order valence-corrected chi connectivity index (χ1v) is 7.10. The molecule has 0 fully saturated rings.